The molecule has 0 fully saturated rings. The molecule has 1 unspecified atom stereocenters. The van der Waals surface area contributed by atoms with Gasteiger partial charge in [-0.25, -0.2) is 4.98 Å². The van der Waals surface area contributed by atoms with Crippen molar-refractivity contribution in [1.29, 1.82) is 0 Å². The molecule has 2 N–H and O–H groups in total. The average Bonchev–Trinajstić information content (AvgIpc) is 2.74. The van der Waals surface area contributed by atoms with Crippen LogP contribution in [0.25, 0.3) is 11.4 Å². The molecule has 0 saturated carbocycles. The largest absolute Gasteiger partial charge is 0.497 e. The zero-order valence-corrected chi connectivity index (χ0v) is 18.1. The maximum atomic E-state index is 12.9. The second-order valence-corrected chi connectivity index (χ2v) is 7.30. The van der Waals surface area contributed by atoms with Crippen LogP contribution in [0, 0.1) is 5.92 Å². The summed E-state index contributed by atoms with van der Waals surface area (Å²) >= 11 is 0. The summed E-state index contributed by atoms with van der Waals surface area (Å²) in [5, 5.41) is 4.94. The highest BCUT2D eigenvalue weighted by molar-refractivity contribution is 5.93. The summed E-state index contributed by atoms with van der Waals surface area (Å²) in [5.41, 5.74) is 0.0425. The lowest BCUT2D eigenvalue weighted by molar-refractivity contribution is -0.174. The molecule has 8 nitrogen and oxygen atoms in total. The molecule has 174 valence electrons. The first kappa shape index (κ1) is 24.9. The minimum Gasteiger partial charge on any atom is -0.497 e. The van der Waals surface area contributed by atoms with Crippen molar-refractivity contribution in [3.8, 4) is 17.1 Å². The minimum absolute atomic E-state index is 0.129. The Balaban J connectivity index is 2.43. The van der Waals surface area contributed by atoms with Crippen LogP contribution in [0.5, 0.6) is 5.75 Å². The summed E-state index contributed by atoms with van der Waals surface area (Å²) in [6.45, 7) is 4.33. The quantitative estimate of drug-likeness (QED) is 0.604. The lowest BCUT2D eigenvalue weighted by atomic mass is 9.99. The molecule has 0 spiro atoms. The number of ether oxygens (including phenoxy) is 1. The van der Waals surface area contributed by atoms with Crippen LogP contribution < -0.4 is 20.9 Å². The Bertz CT molecular complexity index is 1020. The lowest BCUT2D eigenvalue weighted by Gasteiger charge is -2.23. The standard InChI is InChI=1S/C21H25F3N4O4/c1-5-25-15-10-26-19(13-6-8-14(32-4)9-7-13)28(20(15)31)11-16(29)27-17(12(2)3)18(30)21(22,23)24/h6-10,12,17,25H,5,11H2,1-4H3,(H,27,29). The number of ketones is 1. The number of carbonyl (C=O) groups is 2. The Hall–Kier alpha value is -3.37. The van der Waals surface area contributed by atoms with E-state index in [2.05, 4.69) is 15.6 Å². The molecule has 0 saturated heterocycles. The summed E-state index contributed by atoms with van der Waals surface area (Å²) in [4.78, 5) is 41.5. The first-order valence-electron chi connectivity index (χ1n) is 9.88. The minimum atomic E-state index is -5.10. The van der Waals surface area contributed by atoms with Gasteiger partial charge in [-0.1, -0.05) is 13.8 Å². The third-order valence-corrected chi connectivity index (χ3v) is 4.61. The second kappa shape index (κ2) is 10.3. The number of nitrogens with zero attached hydrogens (tertiary/aromatic N) is 2. The van der Waals surface area contributed by atoms with E-state index >= 15 is 0 Å². The Morgan fingerprint density at radius 1 is 1.19 bits per heavy atom. The van der Waals surface area contributed by atoms with E-state index in [9.17, 15) is 27.6 Å². The lowest BCUT2D eigenvalue weighted by Crippen LogP contribution is -2.51. The Morgan fingerprint density at radius 2 is 1.81 bits per heavy atom. The Morgan fingerprint density at radius 3 is 2.31 bits per heavy atom. The fourth-order valence-corrected chi connectivity index (χ4v) is 3.00. The fraction of sp³-hybridized carbons (Fsp3) is 0.429. The first-order chi connectivity index (χ1) is 15.0. The number of alkyl halides is 3. The summed E-state index contributed by atoms with van der Waals surface area (Å²) in [5.74, 6) is -3.08. The third-order valence-electron chi connectivity index (χ3n) is 4.61. The predicted molar refractivity (Wildman–Crippen MR) is 112 cm³/mol. The van der Waals surface area contributed by atoms with Crippen LogP contribution in [0.4, 0.5) is 18.9 Å². The number of hydrogen-bond acceptors (Lipinski definition) is 6. The molecular formula is C21H25F3N4O4. The number of benzene rings is 1. The maximum absolute atomic E-state index is 12.9. The van der Waals surface area contributed by atoms with Gasteiger partial charge >= 0.3 is 6.18 Å². The van der Waals surface area contributed by atoms with Gasteiger partial charge in [0, 0.05) is 12.1 Å². The Kier molecular flexibility index (Phi) is 8.01. The van der Waals surface area contributed by atoms with Gasteiger partial charge < -0.3 is 15.4 Å². The van der Waals surface area contributed by atoms with E-state index < -0.39 is 41.9 Å². The van der Waals surface area contributed by atoms with Crippen molar-refractivity contribution < 1.29 is 27.5 Å². The molecule has 1 aromatic heterocycles. The van der Waals surface area contributed by atoms with E-state index in [-0.39, 0.29) is 11.5 Å². The number of halogens is 3. The van der Waals surface area contributed by atoms with Crippen molar-refractivity contribution in [3.05, 3.63) is 40.8 Å². The SMILES string of the molecule is CCNc1cnc(-c2ccc(OC)cc2)n(CC(=O)NC(C(=O)C(F)(F)F)C(C)C)c1=O. The predicted octanol–water partition coefficient (Wildman–Crippen LogP) is 2.62. The van der Waals surface area contributed by atoms with Crippen LogP contribution in [-0.4, -0.2) is 47.1 Å². The van der Waals surface area contributed by atoms with Crippen molar-refractivity contribution in [2.75, 3.05) is 19.0 Å². The molecule has 11 heteroatoms. The molecule has 2 rings (SSSR count). The molecule has 0 aliphatic carbocycles. The smallest absolute Gasteiger partial charge is 0.452 e. The van der Waals surface area contributed by atoms with Gasteiger partial charge in [-0.2, -0.15) is 13.2 Å². The van der Waals surface area contributed by atoms with Crippen molar-refractivity contribution in [3.63, 3.8) is 0 Å². The molecule has 1 amide bonds. The number of hydrogen-bond donors (Lipinski definition) is 2. The van der Waals surface area contributed by atoms with Crippen LogP contribution in [0.2, 0.25) is 0 Å². The first-order valence-corrected chi connectivity index (χ1v) is 9.88. The number of methoxy groups -OCH3 is 1. The van der Waals surface area contributed by atoms with Crippen molar-refractivity contribution >= 4 is 17.4 Å². The van der Waals surface area contributed by atoms with Gasteiger partial charge in [-0.3, -0.25) is 19.0 Å². The summed E-state index contributed by atoms with van der Waals surface area (Å²) < 4.78 is 44.9. The molecule has 1 heterocycles. The third kappa shape index (κ3) is 5.86. The molecule has 0 bridgehead atoms. The second-order valence-electron chi connectivity index (χ2n) is 7.30. The molecular weight excluding hydrogens is 429 g/mol. The summed E-state index contributed by atoms with van der Waals surface area (Å²) in [7, 11) is 1.49. The molecule has 32 heavy (non-hydrogen) atoms. The van der Waals surface area contributed by atoms with Crippen LogP contribution in [-0.2, 0) is 16.1 Å². The number of carbonyl (C=O) groups excluding carboxylic acids is 2. The van der Waals surface area contributed by atoms with Crippen LogP contribution in [0.1, 0.15) is 20.8 Å². The highest BCUT2D eigenvalue weighted by Gasteiger charge is 2.45. The van der Waals surface area contributed by atoms with Gasteiger partial charge in [0.1, 0.15) is 23.8 Å². The van der Waals surface area contributed by atoms with Gasteiger partial charge in [0.2, 0.25) is 5.91 Å². The van der Waals surface area contributed by atoms with E-state index in [0.717, 1.165) is 4.57 Å². The van der Waals surface area contributed by atoms with Crippen LogP contribution >= 0.6 is 0 Å². The fourth-order valence-electron chi connectivity index (χ4n) is 3.00. The molecule has 0 aliphatic rings. The van der Waals surface area contributed by atoms with Crippen molar-refractivity contribution in [2.45, 2.75) is 39.5 Å². The monoisotopic (exact) mass is 454 g/mol. The van der Waals surface area contributed by atoms with Gasteiger partial charge in [0.15, 0.2) is 0 Å². The Labute approximate surface area is 182 Å². The van der Waals surface area contributed by atoms with E-state index in [1.165, 1.54) is 27.2 Å². The van der Waals surface area contributed by atoms with Gasteiger partial charge in [0.25, 0.3) is 11.3 Å². The number of anilines is 1. The van der Waals surface area contributed by atoms with Gasteiger partial charge in [0.05, 0.1) is 19.3 Å². The zero-order valence-electron chi connectivity index (χ0n) is 18.1. The van der Waals surface area contributed by atoms with E-state index in [1.54, 1.807) is 31.2 Å². The van der Waals surface area contributed by atoms with E-state index in [1.807, 2.05) is 0 Å². The van der Waals surface area contributed by atoms with Gasteiger partial charge in [-0.05, 0) is 37.1 Å². The molecule has 1 atom stereocenters. The molecule has 0 radical (unpaired) electrons. The zero-order chi connectivity index (χ0) is 24.1. The van der Waals surface area contributed by atoms with E-state index in [0.29, 0.717) is 17.9 Å². The number of Topliss-reactive ketones (excluding diaryl/α,β-unsaturated/α-hetero) is 1. The highest BCUT2D eigenvalue weighted by atomic mass is 19.4. The molecule has 1 aromatic carbocycles. The number of aromatic nitrogens is 2. The van der Waals surface area contributed by atoms with Crippen molar-refractivity contribution in [2.24, 2.45) is 5.92 Å². The van der Waals surface area contributed by atoms with Gasteiger partial charge in [-0.15, -0.1) is 0 Å². The van der Waals surface area contributed by atoms with Crippen LogP contribution in [0.3, 0.4) is 0 Å². The number of rotatable bonds is 9. The molecule has 2 aromatic rings. The van der Waals surface area contributed by atoms with Crippen molar-refractivity contribution in [1.82, 2.24) is 14.9 Å². The maximum Gasteiger partial charge on any atom is 0.452 e. The number of nitrogens with one attached hydrogen (secondary N) is 2. The van der Waals surface area contributed by atoms with Crippen LogP contribution in [0.15, 0.2) is 35.3 Å². The molecule has 0 aliphatic heterocycles. The summed E-state index contributed by atoms with van der Waals surface area (Å²) in [6, 6.07) is 4.77. The van der Waals surface area contributed by atoms with E-state index in [4.69, 9.17) is 4.74 Å². The normalized spacial score (nSPS) is 12.4. The number of amides is 1. The topological polar surface area (TPSA) is 102 Å². The highest BCUT2D eigenvalue weighted by Crippen LogP contribution is 2.22. The summed E-state index contributed by atoms with van der Waals surface area (Å²) in [6.07, 6.45) is -3.77. The average molecular weight is 454 g/mol.